The zero-order chi connectivity index (χ0) is 17.2. The predicted octanol–water partition coefficient (Wildman–Crippen LogP) is 3.17. The Hall–Kier alpha value is -2.87. The lowest BCUT2D eigenvalue weighted by atomic mass is 9.98. The maximum Gasteiger partial charge on any atom is 0.254 e. The largest absolute Gasteiger partial charge is 0.490 e. The van der Waals surface area contributed by atoms with E-state index >= 15 is 0 Å². The van der Waals surface area contributed by atoms with Crippen LogP contribution in [-0.4, -0.2) is 34.0 Å². The molecule has 126 valence electrons. The highest BCUT2D eigenvalue weighted by Crippen LogP contribution is 2.38. The van der Waals surface area contributed by atoms with Crippen molar-refractivity contribution in [1.29, 1.82) is 5.26 Å². The van der Waals surface area contributed by atoms with Crippen LogP contribution in [0.1, 0.15) is 41.6 Å². The Kier molecular flexibility index (Phi) is 4.10. The molecule has 4 rings (SSSR count). The predicted molar refractivity (Wildman–Crippen MR) is 92.0 cm³/mol. The lowest BCUT2D eigenvalue weighted by molar-refractivity contribution is 0.0358. The minimum Gasteiger partial charge on any atom is -0.490 e. The van der Waals surface area contributed by atoms with E-state index in [9.17, 15) is 4.79 Å². The van der Waals surface area contributed by atoms with E-state index in [-0.39, 0.29) is 24.1 Å². The number of fused-ring (bicyclic) bond motifs is 2. The average molecular weight is 333 g/mol. The molecule has 0 saturated carbocycles. The number of amides is 1. The normalized spacial score (nSPS) is 24.6. The van der Waals surface area contributed by atoms with Gasteiger partial charge in [-0.05, 0) is 43.2 Å². The molecule has 2 aliphatic heterocycles. The van der Waals surface area contributed by atoms with E-state index < -0.39 is 0 Å². The van der Waals surface area contributed by atoms with Crippen LogP contribution >= 0.6 is 0 Å². The highest BCUT2D eigenvalue weighted by atomic mass is 16.5. The van der Waals surface area contributed by atoms with E-state index in [4.69, 9.17) is 10.00 Å². The highest BCUT2D eigenvalue weighted by molar-refractivity contribution is 5.95. The van der Waals surface area contributed by atoms with Gasteiger partial charge in [-0.15, -0.1) is 0 Å². The maximum atomic E-state index is 13.0. The molecule has 0 aliphatic carbocycles. The van der Waals surface area contributed by atoms with Crippen LogP contribution in [0, 0.1) is 11.3 Å². The number of aromatic nitrogens is 1. The van der Waals surface area contributed by atoms with E-state index in [1.807, 2.05) is 17.0 Å². The fourth-order valence-corrected chi connectivity index (χ4v) is 4.04. The zero-order valence-corrected chi connectivity index (χ0v) is 13.8. The number of ether oxygens (including phenoxy) is 1. The molecule has 2 aliphatic rings. The lowest BCUT2D eigenvalue weighted by Gasteiger charge is -2.39. The minimum atomic E-state index is 0.0342. The molecule has 0 N–H and O–H groups in total. The molecule has 2 saturated heterocycles. The van der Waals surface area contributed by atoms with Gasteiger partial charge in [-0.2, -0.15) is 5.26 Å². The van der Waals surface area contributed by atoms with Crippen molar-refractivity contribution in [3.05, 3.63) is 59.9 Å². The van der Waals surface area contributed by atoms with E-state index in [1.54, 1.807) is 36.7 Å². The standard InChI is InChI=1S/C20H19N3O2/c21-13-14-2-1-3-15(10-14)20(24)23-16-4-5-17(23)12-19(11-16)25-18-6-8-22-9-7-18/h1-3,6-10,16-17,19H,4-5,11-12H2. The Balaban J connectivity index is 1.49. The van der Waals surface area contributed by atoms with Gasteiger partial charge in [-0.3, -0.25) is 9.78 Å². The van der Waals surface area contributed by atoms with Gasteiger partial charge in [0.2, 0.25) is 0 Å². The second-order valence-corrected chi connectivity index (χ2v) is 6.68. The van der Waals surface area contributed by atoms with E-state index in [0.717, 1.165) is 31.4 Å². The van der Waals surface area contributed by atoms with Crippen LogP contribution in [0.5, 0.6) is 5.75 Å². The average Bonchev–Trinajstić information content (AvgIpc) is 2.92. The second-order valence-electron chi connectivity index (χ2n) is 6.68. The Morgan fingerprint density at radius 2 is 1.88 bits per heavy atom. The Bertz CT molecular complexity index is 801. The third kappa shape index (κ3) is 3.08. The number of carbonyl (C=O) groups excluding carboxylic acids is 1. The lowest BCUT2D eigenvalue weighted by Crippen LogP contribution is -2.49. The van der Waals surface area contributed by atoms with E-state index in [2.05, 4.69) is 11.1 Å². The van der Waals surface area contributed by atoms with E-state index in [0.29, 0.717) is 11.1 Å². The first-order valence-electron chi connectivity index (χ1n) is 8.64. The molecular weight excluding hydrogens is 314 g/mol. The van der Waals surface area contributed by atoms with E-state index in [1.165, 1.54) is 0 Å². The Labute approximate surface area is 146 Å². The van der Waals surface area contributed by atoms with Crippen molar-refractivity contribution in [1.82, 2.24) is 9.88 Å². The van der Waals surface area contributed by atoms with Crippen molar-refractivity contribution >= 4 is 5.91 Å². The molecule has 2 unspecified atom stereocenters. The van der Waals surface area contributed by atoms with Crippen LogP contribution in [0.15, 0.2) is 48.8 Å². The highest BCUT2D eigenvalue weighted by Gasteiger charge is 2.44. The van der Waals surface area contributed by atoms with Crippen molar-refractivity contribution in [2.24, 2.45) is 0 Å². The van der Waals surface area contributed by atoms with Gasteiger partial charge in [-0.1, -0.05) is 6.07 Å². The summed E-state index contributed by atoms with van der Waals surface area (Å²) >= 11 is 0. The molecule has 5 nitrogen and oxygen atoms in total. The van der Waals surface area contributed by atoms with Crippen LogP contribution in [0.3, 0.4) is 0 Å². The number of hydrogen-bond acceptors (Lipinski definition) is 4. The molecule has 1 aromatic carbocycles. The fourth-order valence-electron chi connectivity index (χ4n) is 4.04. The van der Waals surface area contributed by atoms with Gasteiger partial charge in [0.15, 0.2) is 0 Å². The molecule has 5 heteroatoms. The number of hydrogen-bond donors (Lipinski definition) is 0. The molecule has 3 heterocycles. The molecule has 25 heavy (non-hydrogen) atoms. The van der Waals surface area contributed by atoms with Gasteiger partial charge in [0.25, 0.3) is 5.91 Å². The van der Waals surface area contributed by atoms with Gasteiger partial charge >= 0.3 is 0 Å². The van der Waals surface area contributed by atoms with Crippen molar-refractivity contribution < 1.29 is 9.53 Å². The first-order valence-corrected chi connectivity index (χ1v) is 8.64. The molecule has 1 amide bonds. The van der Waals surface area contributed by atoms with Crippen LogP contribution in [-0.2, 0) is 0 Å². The van der Waals surface area contributed by atoms with Crippen LogP contribution in [0.2, 0.25) is 0 Å². The SMILES string of the molecule is N#Cc1cccc(C(=O)N2C3CCC2CC(Oc2ccncc2)C3)c1. The van der Waals surface area contributed by atoms with Crippen molar-refractivity contribution in [3.8, 4) is 11.8 Å². The summed E-state index contributed by atoms with van der Waals surface area (Å²) in [6, 6.07) is 13.2. The number of nitriles is 1. The maximum absolute atomic E-state index is 13.0. The first-order chi connectivity index (χ1) is 12.2. The molecule has 1 aromatic heterocycles. The summed E-state index contributed by atoms with van der Waals surface area (Å²) in [5.74, 6) is 0.868. The second kappa shape index (κ2) is 6.56. The van der Waals surface area contributed by atoms with Gasteiger partial charge < -0.3 is 9.64 Å². The fraction of sp³-hybridized carbons (Fsp3) is 0.350. The zero-order valence-electron chi connectivity index (χ0n) is 13.8. The molecule has 2 fully saturated rings. The van der Waals surface area contributed by atoms with Crippen LogP contribution in [0.25, 0.3) is 0 Å². The summed E-state index contributed by atoms with van der Waals surface area (Å²) in [6.07, 6.45) is 7.32. The Morgan fingerprint density at radius 1 is 1.16 bits per heavy atom. The van der Waals surface area contributed by atoms with Gasteiger partial charge in [0.1, 0.15) is 11.9 Å². The molecule has 0 spiro atoms. The van der Waals surface area contributed by atoms with Crippen molar-refractivity contribution in [2.45, 2.75) is 43.9 Å². The molecule has 2 bridgehead atoms. The summed E-state index contributed by atoms with van der Waals surface area (Å²) in [5.41, 5.74) is 1.12. The summed E-state index contributed by atoms with van der Waals surface area (Å²) < 4.78 is 6.09. The molecule has 0 radical (unpaired) electrons. The summed E-state index contributed by atoms with van der Waals surface area (Å²) in [4.78, 5) is 19.0. The third-order valence-electron chi connectivity index (χ3n) is 5.12. The Morgan fingerprint density at radius 3 is 2.56 bits per heavy atom. The topological polar surface area (TPSA) is 66.2 Å². The first kappa shape index (κ1) is 15.6. The molecule has 2 atom stereocenters. The van der Waals surface area contributed by atoms with Gasteiger partial charge in [0.05, 0.1) is 11.6 Å². The minimum absolute atomic E-state index is 0.0342. The number of rotatable bonds is 3. The summed E-state index contributed by atoms with van der Waals surface area (Å²) in [5, 5.41) is 9.05. The summed E-state index contributed by atoms with van der Waals surface area (Å²) in [6.45, 7) is 0. The van der Waals surface area contributed by atoms with Gasteiger partial charge in [0, 0.05) is 42.9 Å². The third-order valence-corrected chi connectivity index (χ3v) is 5.12. The number of pyridine rings is 1. The number of benzene rings is 1. The number of piperidine rings is 1. The quantitative estimate of drug-likeness (QED) is 0.865. The monoisotopic (exact) mass is 333 g/mol. The van der Waals surface area contributed by atoms with Crippen LogP contribution in [0.4, 0.5) is 0 Å². The van der Waals surface area contributed by atoms with Crippen molar-refractivity contribution in [2.75, 3.05) is 0 Å². The van der Waals surface area contributed by atoms with Gasteiger partial charge in [-0.25, -0.2) is 0 Å². The van der Waals surface area contributed by atoms with Crippen molar-refractivity contribution in [3.63, 3.8) is 0 Å². The molecular formula is C20H19N3O2. The number of carbonyl (C=O) groups is 1. The molecule has 2 aromatic rings. The van der Waals surface area contributed by atoms with Crippen LogP contribution < -0.4 is 4.74 Å². The smallest absolute Gasteiger partial charge is 0.254 e. The number of nitrogens with zero attached hydrogens (tertiary/aromatic N) is 3. The summed E-state index contributed by atoms with van der Waals surface area (Å²) in [7, 11) is 0.